The van der Waals surface area contributed by atoms with Gasteiger partial charge in [-0.05, 0) is 42.2 Å². The molecule has 178 valence electrons. The van der Waals surface area contributed by atoms with E-state index in [1.807, 2.05) is 0 Å². The van der Waals surface area contributed by atoms with E-state index in [2.05, 4.69) is 15.4 Å². The Balaban J connectivity index is 1.37. The largest absolute Gasteiger partial charge is 0.432 e. The van der Waals surface area contributed by atoms with Gasteiger partial charge in [0.05, 0.1) is 0 Å². The van der Waals surface area contributed by atoms with Crippen LogP contribution in [0.5, 0.6) is 5.75 Å². The highest BCUT2D eigenvalue weighted by atomic mass is 19.3. The first-order valence-electron chi connectivity index (χ1n) is 10.5. The van der Waals surface area contributed by atoms with E-state index >= 15 is 0 Å². The second-order valence-electron chi connectivity index (χ2n) is 7.96. The molecule has 1 fully saturated rings. The van der Waals surface area contributed by atoms with Gasteiger partial charge in [0.2, 0.25) is 17.7 Å². The lowest BCUT2D eigenvalue weighted by molar-refractivity contribution is -0.137. The van der Waals surface area contributed by atoms with Gasteiger partial charge >= 0.3 is 6.61 Å². The Kier molecular flexibility index (Phi) is 6.53. The summed E-state index contributed by atoms with van der Waals surface area (Å²) in [5.74, 6) is -3.25. The molecule has 0 spiro atoms. The molecule has 0 radical (unpaired) electrons. The van der Waals surface area contributed by atoms with E-state index in [1.54, 1.807) is 18.2 Å². The Hall–Kier alpha value is -3.89. The van der Waals surface area contributed by atoms with Gasteiger partial charge in [0.15, 0.2) is 11.6 Å². The molecule has 4 rings (SSSR count). The number of nitrogens with one attached hydrogen (secondary N) is 2. The summed E-state index contributed by atoms with van der Waals surface area (Å²) in [4.78, 5) is 50.1. The number of rotatable bonds is 7. The van der Waals surface area contributed by atoms with Gasteiger partial charge in [-0.25, -0.2) is 4.39 Å². The van der Waals surface area contributed by atoms with Crippen LogP contribution in [0.4, 0.5) is 18.9 Å². The highest BCUT2D eigenvalue weighted by molar-refractivity contribution is 6.05. The van der Waals surface area contributed by atoms with Crippen LogP contribution in [0.3, 0.4) is 0 Å². The summed E-state index contributed by atoms with van der Waals surface area (Å²) in [5.41, 5.74) is 2.01. The van der Waals surface area contributed by atoms with E-state index in [0.717, 1.165) is 17.7 Å². The fourth-order valence-electron chi connectivity index (χ4n) is 4.01. The molecule has 8 nitrogen and oxygen atoms in total. The number of anilines is 1. The van der Waals surface area contributed by atoms with E-state index in [1.165, 1.54) is 11.0 Å². The second-order valence-corrected chi connectivity index (χ2v) is 7.96. The average Bonchev–Trinajstić information content (AvgIpc) is 3.10. The lowest BCUT2D eigenvalue weighted by atomic mass is 10.0. The number of halogens is 3. The van der Waals surface area contributed by atoms with Crippen LogP contribution in [0, 0.1) is 5.82 Å². The van der Waals surface area contributed by atoms with Crippen molar-refractivity contribution in [3.8, 4) is 5.75 Å². The molecular weight excluding hydrogens is 455 g/mol. The van der Waals surface area contributed by atoms with Crippen molar-refractivity contribution in [3.63, 3.8) is 0 Å². The van der Waals surface area contributed by atoms with Crippen LogP contribution in [0.2, 0.25) is 0 Å². The van der Waals surface area contributed by atoms with E-state index in [0.29, 0.717) is 11.1 Å². The lowest BCUT2D eigenvalue weighted by Crippen LogP contribution is -2.52. The van der Waals surface area contributed by atoms with Crippen LogP contribution in [0.1, 0.15) is 40.7 Å². The number of imide groups is 1. The van der Waals surface area contributed by atoms with E-state index < -0.39 is 36.0 Å². The van der Waals surface area contributed by atoms with Crippen molar-refractivity contribution in [1.82, 2.24) is 10.2 Å². The maximum Gasteiger partial charge on any atom is 0.387 e. The number of fused-ring (bicyclic) bond motifs is 1. The van der Waals surface area contributed by atoms with Crippen LogP contribution in [-0.4, -0.2) is 41.2 Å². The number of hydrogen-bond acceptors (Lipinski definition) is 5. The topological polar surface area (TPSA) is 105 Å². The molecular formula is C23H20F3N3O5. The predicted molar refractivity (Wildman–Crippen MR) is 112 cm³/mol. The summed E-state index contributed by atoms with van der Waals surface area (Å²) in [6.45, 7) is -2.94. The second kappa shape index (κ2) is 9.54. The first-order valence-corrected chi connectivity index (χ1v) is 10.5. The van der Waals surface area contributed by atoms with Gasteiger partial charge in [0.25, 0.3) is 5.91 Å². The Morgan fingerprint density at radius 2 is 1.97 bits per heavy atom. The normalized spacial score (nSPS) is 17.6. The molecule has 2 heterocycles. The molecule has 1 unspecified atom stereocenters. The zero-order valence-corrected chi connectivity index (χ0v) is 17.8. The fourth-order valence-corrected chi connectivity index (χ4v) is 4.01. The monoisotopic (exact) mass is 475 g/mol. The number of ether oxygens (including phenoxy) is 1. The minimum Gasteiger partial charge on any atom is -0.432 e. The minimum absolute atomic E-state index is 0.0201. The molecule has 0 bridgehead atoms. The maximum atomic E-state index is 13.5. The molecule has 2 N–H and O–H groups in total. The van der Waals surface area contributed by atoms with Crippen molar-refractivity contribution in [2.45, 2.75) is 44.9 Å². The summed E-state index contributed by atoms with van der Waals surface area (Å²) >= 11 is 0. The number of hydrogen-bond donors (Lipinski definition) is 2. The van der Waals surface area contributed by atoms with Crippen molar-refractivity contribution < 1.29 is 37.1 Å². The molecule has 0 aromatic heterocycles. The lowest BCUT2D eigenvalue weighted by Gasteiger charge is -2.29. The van der Waals surface area contributed by atoms with E-state index in [4.69, 9.17) is 0 Å². The first kappa shape index (κ1) is 23.3. The highest BCUT2D eigenvalue weighted by Gasteiger charge is 2.39. The Morgan fingerprint density at radius 3 is 2.71 bits per heavy atom. The Morgan fingerprint density at radius 1 is 1.18 bits per heavy atom. The molecule has 11 heteroatoms. The predicted octanol–water partition coefficient (Wildman–Crippen LogP) is 2.76. The van der Waals surface area contributed by atoms with Crippen molar-refractivity contribution >= 4 is 29.3 Å². The molecule has 1 atom stereocenters. The van der Waals surface area contributed by atoms with Gasteiger partial charge in [-0.15, -0.1) is 0 Å². The third-order valence-electron chi connectivity index (χ3n) is 5.66. The van der Waals surface area contributed by atoms with Crippen LogP contribution in [0.15, 0.2) is 36.4 Å². The molecule has 2 aromatic carbocycles. The third kappa shape index (κ3) is 5.03. The van der Waals surface area contributed by atoms with Crippen molar-refractivity contribution in [1.29, 1.82) is 0 Å². The Labute approximate surface area is 192 Å². The standard InChI is InChI=1S/C23H20F3N3O5/c24-16-5-4-14(10-18(16)34-23(25)26)27-19(30)7-2-12-1-3-13-11-29(22(33)15(13)9-12)17-6-8-20(31)28-21(17)32/h1,3-5,9-10,17,23H,2,6-8,11H2,(H,27,30)(H,28,31,32). The number of carbonyl (C=O) groups is 4. The van der Waals surface area contributed by atoms with Gasteiger partial charge in [-0.3, -0.25) is 24.5 Å². The molecule has 2 aliphatic rings. The van der Waals surface area contributed by atoms with Crippen molar-refractivity contribution in [3.05, 3.63) is 58.9 Å². The summed E-state index contributed by atoms with van der Waals surface area (Å²) in [7, 11) is 0. The number of aryl methyl sites for hydroxylation is 1. The van der Waals surface area contributed by atoms with Crippen LogP contribution >= 0.6 is 0 Å². The SMILES string of the molecule is O=C1CCC(N2Cc3ccc(CCC(=O)Nc4ccc(F)c(OC(F)F)c4)cc3C2=O)C(=O)N1. The molecule has 0 aliphatic carbocycles. The maximum absolute atomic E-state index is 13.5. The quantitative estimate of drug-likeness (QED) is 0.600. The summed E-state index contributed by atoms with van der Waals surface area (Å²) in [6.07, 6.45) is 0.740. The number of carbonyl (C=O) groups excluding carboxylic acids is 4. The van der Waals surface area contributed by atoms with E-state index in [9.17, 15) is 32.3 Å². The molecule has 0 saturated carbocycles. The summed E-state index contributed by atoms with van der Waals surface area (Å²) < 4.78 is 42.3. The van der Waals surface area contributed by atoms with Gasteiger partial charge in [-0.1, -0.05) is 12.1 Å². The zero-order valence-electron chi connectivity index (χ0n) is 17.8. The van der Waals surface area contributed by atoms with E-state index in [-0.39, 0.29) is 49.7 Å². The van der Waals surface area contributed by atoms with Gasteiger partial charge in [0.1, 0.15) is 6.04 Å². The number of piperidine rings is 1. The van der Waals surface area contributed by atoms with Gasteiger partial charge in [-0.2, -0.15) is 8.78 Å². The molecule has 2 aliphatic heterocycles. The van der Waals surface area contributed by atoms with Gasteiger partial charge < -0.3 is 15.0 Å². The minimum atomic E-state index is -3.20. The summed E-state index contributed by atoms with van der Waals surface area (Å²) in [5, 5.41) is 4.75. The smallest absolute Gasteiger partial charge is 0.387 e. The first-order chi connectivity index (χ1) is 16.2. The van der Waals surface area contributed by atoms with Crippen molar-refractivity contribution in [2.75, 3.05) is 5.32 Å². The van der Waals surface area contributed by atoms with Crippen LogP contribution in [0.25, 0.3) is 0 Å². The Bertz CT molecular complexity index is 1170. The number of alkyl halides is 2. The van der Waals surface area contributed by atoms with Gasteiger partial charge in [0, 0.05) is 36.7 Å². The van der Waals surface area contributed by atoms with Crippen LogP contribution in [-0.2, 0) is 27.3 Å². The average molecular weight is 475 g/mol. The number of benzene rings is 2. The molecule has 2 aromatic rings. The van der Waals surface area contributed by atoms with Crippen molar-refractivity contribution in [2.24, 2.45) is 0 Å². The summed E-state index contributed by atoms with van der Waals surface area (Å²) in [6, 6.07) is 7.61. The number of amides is 4. The molecule has 4 amide bonds. The molecule has 34 heavy (non-hydrogen) atoms. The highest BCUT2D eigenvalue weighted by Crippen LogP contribution is 2.29. The zero-order chi connectivity index (χ0) is 24.4. The van der Waals surface area contributed by atoms with Crippen LogP contribution < -0.4 is 15.4 Å². The third-order valence-corrected chi connectivity index (χ3v) is 5.66. The fraction of sp³-hybridized carbons (Fsp3) is 0.304. The molecule has 1 saturated heterocycles. The number of nitrogens with zero attached hydrogens (tertiary/aromatic N) is 1.